The fourth-order valence-corrected chi connectivity index (χ4v) is 9.47. The molecule has 0 aromatic heterocycles. The van der Waals surface area contributed by atoms with E-state index < -0.39 is 77.8 Å². The van der Waals surface area contributed by atoms with Crippen molar-refractivity contribution in [1.29, 1.82) is 0 Å². The van der Waals surface area contributed by atoms with Crippen molar-refractivity contribution in [3.63, 3.8) is 0 Å². The summed E-state index contributed by atoms with van der Waals surface area (Å²) in [6.07, 6.45) is 17.1. The number of carboxylic acid groups (broad SMARTS) is 1. The second-order valence-electron chi connectivity index (χ2n) is 19.0. The predicted octanol–water partition coefficient (Wildman–Crippen LogP) is 5.17. The maximum atomic E-state index is 13.5. The van der Waals surface area contributed by atoms with Crippen molar-refractivity contribution in [2.75, 3.05) is 27.9 Å². The Morgan fingerprint density at radius 1 is 0.877 bits per heavy atom. The van der Waals surface area contributed by atoms with Crippen molar-refractivity contribution in [2.45, 2.75) is 168 Å². The number of methoxy groups -OCH3 is 3. The number of carbonyl (C=O) groups excluding carboxylic acids is 5. The highest BCUT2D eigenvalue weighted by Gasteiger charge is 2.52. The smallest absolute Gasteiger partial charge is 0.296 e. The zero-order chi connectivity index (χ0) is 48.6. The number of nitrogens with zero attached hydrogens (tertiary/aromatic N) is 1. The third-order valence-corrected chi connectivity index (χ3v) is 13.7. The zero-order valence-corrected chi connectivity index (χ0v) is 40.5. The summed E-state index contributed by atoms with van der Waals surface area (Å²) in [6.45, 7) is 12.9. The Morgan fingerprint density at radius 2 is 1.58 bits per heavy atom. The number of ether oxygens (including phenoxy) is 4. The largest absolute Gasteiger partial charge is 0.548 e. The van der Waals surface area contributed by atoms with Gasteiger partial charge in [0.05, 0.1) is 36.4 Å². The number of carbonyl (C=O) groups is 5. The van der Waals surface area contributed by atoms with Crippen LogP contribution in [0.3, 0.4) is 0 Å². The van der Waals surface area contributed by atoms with Crippen LogP contribution in [0.25, 0.3) is 0 Å². The van der Waals surface area contributed by atoms with Crippen LogP contribution in [0.2, 0.25) is 0 Å². The minimum atomic E-state index is -2.40. The first-order chi connectivity index (χ1) is 30.7. The van der Waals surface area contributed by atoms with Gasteiger partial charge in [0.15, 0.2) is 11.6 Å². The van der Waals surface area contributed by atoms with Gasteiger partial charge < -0.3 is 49.1 Å². The number of hydrogen-bond donors (Lipinski definition) is 3. The van der Waals surface area contributed by atoms with E-state index in [1.54, 1.807) is 47.1 Å². The van der Waals surface area contributed by atoms with Gasteiger partial charge >= 0.3 is 0 Å². The lowest BCUT2D eigenvalue weighted by atomic mass is 9.80. The first-order valence-corrected chi connectivity index (χ1v) is 23.5. The molecule has 1 saturated carbocycles. The summed E-state index contributed by atoms with van der Waals surface area (Å²) in [6, 6.07) is -1.23. The Morgan fingerprint density at radius 3 is 2.23 bits per heavy atom. The van der Waals surface area contributed by atoms with Crippen LogP contribution >= 0.6 is 0 Å². The third-order valence-electron chi connectivity index (χ3n) is 13.7. The molecule has 1 amide bonds. The Hall–Kier alpha value is -3.63. The molecule has 3 aliphatic rings. The van der Waals surface area contributed by atoms with Gasteiger partial charge in [-0.3, -0.25) is 19.2 Å². The Labute approximate surface area is 387 Å². The predicted molar refractivity (Wildman–Crippen MR) is 245 cm³/mol. The summed E-state index contributed by atoms with van der Waals surface area (Å²) >= 11 is 0. The van der Waals surface area contributed by atoms with Crippen molar-refractivity contribution in [3.05, 3.63) is 59.8 Å². The molecule has 0 spiro atoms. The molecule has 3 rings (SSSR count). The van der Waals surface area contributed by atoms with Gasteiger partial charge in [0, 0.05) is 52.0 Å². The maximum absolute atomic E-state index is 13.5. The minimum Gasteiger partial charge on any atom is -0.548 e. The van der Waals surface area contributed by atoms with Crippen molar-refractivity contribution in [1.82, 2.24) is 4.90 Å². The number of ketones is 3. The number of piperidine rings is 1. The summed E-state index contributed by atoms with van der Waals surface area (Å²) in [7, 11) is 4.57. The minimum absolute atomic E-state index is 0.0143. The highest BCUT2D eigenvalue weighted by atomic mass is 16.6. The van der Waals surface area contributed by atoms with Crippen LogP contribution in [0.15, 0.2) is 59.8 Å². The summed E-state index contributed by atoms with van der Waals surface area (Å²) in [5.74, 6) is -7.43. The summed E-state index contributed by atoms with van der Waals surface area (Å²) in [4.78, 5) is 65.8. The van der Waals surface area contributed by atoms with E-state index in [4.69, 9.17) is 18.9 Å². The Balaban J connectivity index is 1.51. The van der Waals surface area contributed by atoms with Crippen LogP contribution in [0.1, 0.15) is 119 Å². The molecular weight excluding hydrogens is 835 g/mol. The van der Waals surface area contributed by atoms with Crippen molar-refractivity contribution in [2.24, 2.45) is 35.5 Å². The number of allylic oxidation sites excluding steroid dienone is 8. The van der Waals surface area contributed by atoms with Crippen molar-refractivity contribution < 1.29 is 63.3 Å². The molecule has 2 aliphatic heterocycles. The van der Waals surface area contributed by atoms with E-state index >= 15 is 0 Å². The summed E-state index contributed by atoms with van der Waals surface area (Å²) < 4.78 is 22.6. The molecular formula is C51H78NO13-. The molecule has 366 valence electrons. The second kappa shape index (κ2) is 26.6. The highest BCUT2D eigenvalue weighted by molar-refractivity contribution is 6.39. The molecule has 2 saturated heterocycles. The van der Waals surface area contributed by atoms with E-state index in [2.05, 4.69) is 6.92 Å². The molecule has 0 bridgehead atoms. The summed E-state index contributed by atoms with van der Waals surface area (Å²) in [5, 5.41) is 44.4. The SMILES string of the molecule is CO[C@@H](C[C@@H]1CC[C@@H](C)[C@](O)(C(=O)C(=O)N2CCCC[C@H]2C(=O)[O-])O1)/C(C)=C/C=C/C=C/[C@@H](C)C[C@@H](C)C(=O)[C@H](OC)[C@H](O)/C(C)=C/[C@@H](C)C(=O)/C=C\[C@H](C)C[C@@H]1CC[C@@H](O)[C@H](OC)C1. The third kappa shape index (κ3) is 16.0. The van der Waals surface area contributed by atoms with E-state index in [0.717, 1.165) is 29.7 Å². The van der Waals surface area contributed by atoms with Gasteiger partial charge in [-0.25, -0.2) is 0 Å². The molecule has 0 aromatic carbocycles. The molecule has 2 heterocycles. The molecule has 14 nitrogen and oxygen atoms in total. The lowest BCUT2D eigenvalue weighted by Crippen LogP contribution is -2.61. The fourth-order valence-electron chi connectivity index (χ4n) is 9.47. The molecule has 14 heteroatoms. The average molecular weight is 913 g/mol. The molecule has 0 unspecified atom stereocenters. The zero-order valence-electron chi connectivity index (χ0n) is 40.5. The number of Topliss-reactive ketones (excluding diaryl/α,β-unsaturated/α-hetero) is 2. The Kier molecular flexibility index (Phi) is 22.8. The van der Waals surface area contributed by atoms with E-state index in [-0.39, 0.29) is 42.5 Å². The van der Waals surface area contributed by atoms with Crippen LogP contribution in [-0.2, 0) is 42.9 Å². The van der Waals surface area contributed by atoms with Crippen molar-refractivity contribution in [3.8, 4) is 0 Å². The van der Waals surface area contributed by atoms with Gasteiger partial charge in [0.1, 0.15) is 12.2 Å². The fraction of sp³-hybridized carbons (Fsp3) is 0.706. The number of aliphatic hydroxyl groups excluding tert-OH is 2. The van der Waals surface area contributed by atoms with Gasteiger partial charge in [0.25, 0.3) is 11.7 Å². The van der Waals surface area contributed by atoms with Gasteiger partial charge in [-0.05, 0) is 113 Å². The quantitative estimate of drug-likeness (QED) is 0.0495. The first kappa shape index (κ1) is 55.7. The van der Waals surface area contributed by atoms with Gasteiger partial charge in [0.2, 0.25) is 5.79 Å². The number of hydrogen-bond acceptors (Lipinski definition) is 13. The first-order valence-electron chi connectivity index (χ1n) is 23.5. The number of likely N-dealkylation sites (tertiary alicyclic amines) is 1. The van der Waals surface area contributed by atoms with Gasteiger partial charge in [-0.15, -0.1) is 0 Å². The monoisotopic (exact) mass is 913 g/mol. The van der Waals surface area contributed by atoms with E-state index in [1.807, 2.05) is 57.2 Å². The molecule has 3 N–H and O–H groups in total. The van der Waals surface area contributed by atoms with Gasteiger partial charge in [-0.1, -0.05) is 77.2 Å². The standard InChI is InChI=1S/C51H79NO13/c1-31(26-35(5)45(55)47(64-10)46(56)36(6)28-34(4)41(53)23-19-32(2)27-38-21-24-42(54)44(29-38)63-9)16-12-11-13-17-33(3)43(62-8)30-39-22-20-37(7)51(61,65-39)48(57)49(58)52-25-15-14-18-40(52)50(59)60/h11-13,16-17,19,23,28,31-32,34-35,37-40,42-44,46-47,54,56,61H,14-15,18,20-22,24-27,29-30H2,1-10H3,(H,59,60)/p-1/b13-11+,16-12+,23-19-,33-17+,36-28+/t31-,32+,34-,35-,37-,38+,39+,40+,42-,43+,44-,46-,47+,51-/m1/s1. The molecule has 0 aromatic rings. The van der Waals surface area contributed by atoms with Crippen LogP contribution in [-0.4, -0.2) is 126 Å². The number of aliphatic hydroxyl groups is 3. The second-order valence-corrected chi connectivity index (χ2v) is 19.0. The number of carboxylic acids is 1. The average Bonchev–Trinajstić information content (AvgIpc) is 3.28. The van der Waals surface area contributed by atoms with Crippen molar-refractivity contribution >= 4 is 29.2 Å². The molecule has 0 radical (unpaired) electrons. The number of aliphatic carboxylic acids is 1. The van der Waals surface area contributed by atoms with E-state index in [1.165, 1.54) is 7.11 Å². The molecule has 65 heavy (non-hydrogen) atoms. The highest BCUT2D eigenvalue weighted by Crippen LogP contribution is 2.37. The van der Waals surface area contributed by atoms with Crippen LogP contribution in [0, 0.1) is 35.5 Å². The molecule has 1 aliphatic carbocycles. The normalized spacial score (nSPS) is 29.3. The van der Waals surface area contributed by atoms with Crippen LogP contribution in [0.4, 0.5) is 0 Å². The van der Waals surface area contributed by atoms with Crippen LogP contribution in [0.5, 0.6) is 0 Å². The molecule has 14 atom stereocenters. The Bertz CT molecular complexity index is 1750. The maximum Gasteiger partial charge on any atom is 0.296 e. The topological polar surface area (TPSA) is 209 Å². The van der Waals surface area contributed by atoms with E-state index in [9.17, 15) is 44.4 Å². The number of amides is 1. The number of rotatable bonds is 24. The summed E-state index contributed by atoms with van der Waals surface area (Å²) in [5.41, 5.74) is 1.34. The molecule has 3 fully saturated rings. The lowest BCUT2D eigenvalue weighted by Gasteiger charge is -2.43. The van der Waals surface area contributed by atoms with Gasteiger partial charge in [-0.2, -0.15) is 0 Å². The lowest BCUT2D eigenvalue weighted by molar-refractivity contribution is -0.312. The van der Waals surface area contributed by atoms with Crippen LogP contribution < -0.4 is 5.11 Å². The van der Waals surface area contributed by atoms with E-state index in [0.29, 0.717) is 56.4 Å².